The highest BCUT2D eigenvalue weighted by Gasteiger charge is 2.17. The van der Waals surface area contributed by atoms with E-state index in [4.69, 9.17) is 11.6 Å². The number of hydrogen-bond acceptors (Lipinski definition) is 6. The number of halogens is 2. The van der Waals surface area contributed by atoms with Gasteiger partial charge in [-0.3, -0.25) is 9.40 Å². The second kappa shape index (κ2) is 8.82. The average molecular weight is 553 g/mol. The van der Waals surface area contributed by atoms with Crippen molar-refractivity contribution in [3.63, 3.8) is 0 Å². The van der Waals surface area contributed by atoms with E-state index in [2.05, 4.69) is 30.1 Å². The molecule has 0 aliphatic rings. The maximum atomic E-state index is 15.2. The minimum absolute atomic E-state index is 0.0832. The molecule has 6 rings (SSSR count). The van der Waals surface area contributed by atoms with Gasteiger partial charge in [0, 0.05) is 16.8 Å². The van der Waals surface area contributed by atoms with Crippen LogP contribution in [0.2, 0.25) is 5.02 Å². The van der Waals surface area contributed by atoms with Crippen LogP contribution in [-0.2, 0) is 16.6 Å². The number of sulfonamides is 1. The van der Waals surface area contributed by atoms with Crippen LogP contribution in [0.5, 0.6) is 0 Å². The summed E-state index contributed by atoms with van der Waals surface area (Å²) in [5, 5.41) is 12.9. The monoisotopic (exact) mass is 552 g/mol. The normalized spacial score (nSPS) is 12.0. The zero-order valence-electron chi connectivity index (χ0n) is 19.6. The summed E-state index contributed by atoms with van der Waals surface area (Å²) in [5.41, 5.74) is 3.99. The fourth-order valence-corrected chi connectivity index (χ4v) is 5.08. The van der Waals surface area contributed by atoms with E-state index in [0.717, 1.165) is 6.26 Å². The smallest absolute Gasteiger partial charge is 0.306 e. The van der Waals surface area contributed by atoms with E-state index in [-0.39, 0.29) is 17.8 Å². The first-order chi connectivity index (χ1) is 18.1. The Morgan fingerprint density at radius 2 is 1.87 bits per heavy atom. The summed E-state index contributed by atoms with van der Waals surface area (Å²) in [6.07, 6.45) is 2.63. The van der Waals surface area contributed by atoms with Crippen LogP contribution in [0, 0.1) is 5.82 Å². The van der Waals surface area contributed by atoms with Gasteiger partial charge in [0.25, 0.3) is 0 Å². The number of aromatic amines is 2. The molecule has 0 fully saturated rings. The van der Waals surface area contributed by atoms with Crippen LogP contribution in [0.15, 0.2) is 65.6 Å². The van der Waals surface area contributed by atoms with Crippen molar-refractivity contribution in [3.8, 4) is 16.9 Å². The number of rotatable bonds is 6. The molecule has 0 unspecified atom stereocenters. The first-order valence-electron chi connectivity index (χ1n) is 11.2. The number of nitrogens with zero attached hydrogens (tertiary/aromatic N) is 5. The van der Waals surface area contributed by atoms with E-state index in [1.807, 2.05) is 0 Å². The van der Waals surface area contributed by atoms with Crippen LogP contribution in [0.3, 0.4) is 0 Å². The molecule has 0 aliphatic carbocycles. The minimum atomic E-state index is -3.55. The Kier molecular flexibility index (Phi) is 5.54. The molecule has 0 atom stereocenters. The molecule has 3 heterocycles. The predicted molar refractivity (Wildman–Crippen MR) is 142 cm³/mol. The van der Waals surface area contributed by atoms with Crippen molar-refractivity contribution in [1.29, 1.82) is 0 Å². The molecular weight excluding hydrogens is 535 g/mol. The number of H-pyrrole nitrogens is 2. The van der Waals surface area contributed by atoms with E-state index in [1.165, 1.54) is 16.8 Å². The molecule has 0 radical (unpaired) electrons. The third-order valence-electron chi connectivity index (χ3n) is 5.95. The lowest BCUT2D eigenvalue weighted by Crippen LogP contribution is -2.13. The van der Waals surface area contributed by atoms with Crippen LogP contribution >= 0.6 is 11.6 Å². The van der Waals surface area contributed by atoms with Crippen molar-refractivity contribution in [2.75, 3.05) is 11.0 Å². The number of imidazole rings is 1. The fraction of sp³-hybridized carbons (Fsp3) is 0.0833. The van der Waals surface area contributed by atoms with Gasteiger partial charge in [-0.1, -0.05) is 22.9 Å². The quantitative estimate of drug-likeness (QED) is 0.288. The maximum Gasteiger partial charge on any atom is 0.323 e. The molecule has 0 spiro atoms. The highest BCUT2D eigenvalue weighted by Crippen LogP contribution is 2.29. The number of fused-ring (bicyclic) bond motifs is 2. The van der Waals surface area contributed by atoms with Gasteiger partial charge >= 0.3 is 5.69 Å². The van der Waals surface area contributed by atoms with Crippen LogP contribution in [-0.4, -0.2) is 49.4 Å². The lowest BCUT2D eigenvalue weighted by atomic mass is 10.1. The summed E-state index contributed by atoms with van der Waals surface area (Å²) in [6, 6.07) is 14.9. The molecule has 38 heavy (non-hydrogen) atoms. The van der Waals surface area contributed by atoms with Gasteiger partial charge < -0.3 is 9.97 Å². The first kappa shape index (κ1) is 23.9. The van der Waals surface area contributed by atoms with Gasteiger partial charge in [0.1, 0.15) is 5.52 Å². The van der Waals surface area contributed by atoms with Crippen molar-refractivity contribution < 1.29 is 12.8 Å². The van der Waals surface area contributed by atoms with E-state index in [1.54, 1.807) is 53.3 Å². The lowest BCUT2D eigenvalue weighted by molar-refractivity contribution is 0.606. The summed E-state index contributed by atoms with van der Waals surface area (Å²) < 4.78 is 44.5. The Balaban J connectivity index is 1.43. The van der Waals surface area contributed by atoms with Gasteiger partial charge in [-0.15, -0.1) is 5.10 Å². The van der Waals surface area contributed by atoms with Crippen LogP contribution in [0.4, 0.5) is 10.1 Å². The molecule has 3 aromatic heterocycles. The second-order valence-corrected chi connectivity index (χ2v) is 10.9. The zero-order valence-corrected chi connectivity index (χ0v) is 21.2. The van der Waals surface area contributed by atoms with Gasteiger partial charge in [-0.05, 0) is 54.1 Å². The predicted octanol–water partition coefficient (Wildman–Crippen LogP) is 3.67. The highest BCUT2D eigenvalue weighted by atomic mass is 35.5. The molecule has 0 saturated carbocycles. The average Bonchev–Trinajstić information content (AvgIpc) is 3.56. The van der Waals surface area contributed by atoms with Gasteiger partial charge in [0.2, 0.25) is 10.0 Å². The van der Waals surface area contributed by atoms with Crippen molar-refractivity contribution in [2.24, 2.45) is 0 Å². The summed E-state index contributed by atoms with van der Waals surface area (Å²) in [7, 11) is -3.55. The molecule has 11 nitrogen and oxygen atoms in total. The number of benzene rings is 3. The van der Waals surface area contributed by atoms with E-state index >= 15 is 4.39 Å². The Hall–Kier alpha value is -4.49. The number of anilines is 1. The Bertz CT molecular complexity index is 2030. The molecule has 0 bridgehead atoms. The van der Waals surface area contributed by atoms with Crippen LogP contribution in [0.25, 0.3) is 39.0 Å². The largest absolute Gasteiger partial charge is 0.323 e. The van der Waals surface area contributed by atoms with Crippen LogP contribution < -0.4 is 10.4 Å². The molecule has 14 heteroatoms. The highest BCUT2D eigenvalue weighted by molar-refractivity contribution is 7.92. The van der Waals surface area contributed by atoms with Gasteiger partial charge in [0.05, 0.1) is 46.4 Å². The zero-order chi connectivity index (χ0) is 26.6. The topological polar surface area (TPSA) is 143 Å². The fourth-order valence-electron chi connectivity index (χ4n) is 4.32. The van der Waals surface area contributed by atoms with Crippen molar-refractivity contribution >= 4 is 49.4 Å². The summed E-state index contributed by atoms with van der Waals surface area (Å²) in [6.45, 7) is 0.187. The second-order valence-electron chi connectivity index (χ2n) is 8.69. The van der Waals surface area contributed by atoms with Crippen molar-refractivity contribution in [1.82, 2.24) is 34.7 Å². The van der Waals surface area contributed by atoms with Gasteiger partial charge in [-0.2, -0.15) is 5.10 Å². The molecular formula is C24H18ClFN8O3S. The molecule has 3 N–H and O–H groups in total. The molecule has 0 saturated heterocycles. The Labute approximate surface area is 218 Å². The van der Waals surface area contributed by atoms with E-state index in [9.17, 15) is 13.2 Å². The van der Waals surface area contributed by atoms with Gasteiger partial charge in [0.15, 0.2) is 5.82 Å². The van der Waals surface area contributed by atoms with Crippen molar-refractivity contribution in [2.45, 2.75) is 6.54 Å². The molecule has 3 aromatic carbocycles. The van der Waals surface area contributed by atoms with E-state index in [0.29, 0.717) is 49.8 Å². The third-order valence-corrected chi connectivity index (χ3v) is 6.78. The minimum Gasteiger partial charge on any atom is -0.306 e. The molecule has 192 valence electrons. The SMILES string of the molecule is CS(=O)(=O)Nc1cc(Cl)ccc1Cn1nccc1-c1cc(F)c2nnn(-c3ccc4[nH]c(=O)[nH]c4c3)c2c1. The summed E-state index contributed by atoms with van der Waals surface area (Å²) in [5.74, 6) is -0.571. The van der Waals surface area contributed by atoms with E-state index < -0.39 is 15.8 Å². The maximum absolute atomic E-state index is 15.2. The van der Waals surface area contributed by atoms with Crippen LogP contribution in [0.1, 0.15) is 5.56 Å². The number of aromatic nitrogens is 7. The molecule has 6 aromatic rings. The lowest BCUT2D eigenvalue weighted by Gasteiger charge is -2.14. The number of hydrogen-bond donors (Lipinski definition) is 3. The third kappa shape index (κ3) is 4.41. The standard InChI is InChI=1S/C24H18ClFN8O3S/c1-38(36,37)31-19-10-15(25)3-2-13(19)12-33-21(6-7-27-33)14-8-17(26)23-22(9-14)34(32-30-23)16-4-5-18-20(11-16)29-24(35)28-18/h2-11,31H,12H2,1H3,(H2,28,29,35). The van der Waals surface area contributed by atoms with Gasteiger partial charge in [-0.25, -0.2) is 22.3 Å². The van der Waals surface area contributed by atoms with Crippen molar-refractivity contribution in [3.05, 3.63) is 87.7 Å². The molecule has 0 aliphatic heterocycles. The molecule has 0 amide bonds. The summed E-state index contributed by atoms with van der Waals surface area (Å²) in [4.78, 5) is 17.0. The number of nitrogens with one attached hydrogen (secondary N) is 3. The summed E-state index contributed by atoms with van der Waals surface area (Å²) >= 11 is 6.08. The Morgan fingerprint density at radius 3 is 2.68 bits per heavy atom. The Morgan fingerprint density at radius 1 is 1.05 bits per heavy atom. The first-order valence-corrected chi connectivity index (χ1v) is 13.5.